The number of ether oxygens (including phenoxy) is 1. The normalized spacial score (nSPS) is 23.0. The monoisotopic (exact) mass is 244 g/mol. The van der Waals surface area contributed by atoms with Gasteiger partial charge in [-0.2, -0.15) is 0 Å². The maximum Gasteiger partial charge on any atom is 0.317 e. The third kappa shape index (κ3) is 5.02. The Morgan fingerprint density at radius 1 is 1.53 bits per heavy atom. The number of carboxylic acids is 1. The van der Waals surface area contributed by atoms with Gasteiger partial charge in [0, 0.05) is 25.2 Å². The second-order valence-corrected chi connectivity index (χ2v) is 5.70. The highest BCUT2D eigenvalue weighted by atomic mass is 16.5. The van der Waals surface area contributed by atoms with Crippen LogP contribution in [0.5, 0.6) is 0 Å². The number of aliphatic carboxylic acids is 1. The van der Waals surface area contributed by atoms with E-state index in [1.807, 2.05) is 25.7 Å². The maximum absolute atomic E-state index is 10.9. The van der Waals surface area contributed by atoms with E-state index in [-0.39, 0.29) is 18.2 Å². The van der Waals surface area contributed by atoms with Gasteiger partial charge in [-0.1, -0.05) is 0 Å². The van der Waals surface area contributed by atoms with Crippen LogP contribution >= 0.6 is 0 Å². The fourth-order valence-electron chi connectivity index (χ4n) is 1.96. The lowest BCUT2D eigenvalue weighted by molar-refractivity contribution is -0.140. The third-order valence-corrected chi connectivity index (χ3v) is 3.04. The first kappa shape index (κ1) is 14.4. The van der Waals surface area contributed by atoms with E-state index in [4.69, 9.17) is 9.84 Å². The van der Waals surface area contributed by atoms with Crippen LogP contribution in [0.2, 0.25) is 0 Å². The van der Waals surface area contributed by atoms with Crippen LogP contribution in [0.4, 0.5) is 0 Å². The van der Waals surface area contributed by atoms with E-state index in [1.54, 1.807) is 0 Å². The van der Waals surface area contributed by atoms with Gasteiger partial charge in [-0.15, -0.1) is 0 Å². The molecule has 1 saturated heterocycles. The summed E-state index contributed by atoms with van der Waals surface area (Å²) in [6.07, 6.45) is 0.104. The van der Waals surface area contributed by atoms with E-state index < -0.39 is 5.97 Å². The molecular weight excluding hydrogens is 220 g/mol. The van der Waals surface area contributed by atoms with Crippen LogP contribution in [-0.4, -0.2) is 72.4 Å². The minimum atomic E-state index is -0.788. The Hall–Kier alpha value is -0.650. The Bertz CT molecular complexity index is 263. The minimum Gasteiger partial charge on any atom is -0.480 e. The smallest absolute Gasteiger partial charge is 0.317 e. The van der Waals surface area contributed by atoms with Crippen LogP contribution in [0.25, 0.3) is 0 Å². The molecule has 1 aliphatic heterocycles. The summed E-state index contributed by atoms with van der Waals surface area (Å²) in [6, 6.07) is 0. The van der Waals surface area contributed by atoms with Crippen molar-refractivity contribution in [3.63, 3.8) is 0 Å². The average molecular weight is 244 g/mol. The number of likely N-dealkylation sites (N-methyl/N-ethyl adjacent to an activating group) is 1. The van der Waals surface area contributed by atoms with Crippen molar-refractivity contribution in [2.24, 2.45) is 0 Å². The number of carbonyl (C=O) groups is 1. The fourth-order valence-corrected chi connectivity index (χ4v) is 1.96. The second-order valence-electron chi connectivity index (χ2n) is 5.70. The molecule has 0 aliphatic carbocycles. The highest BCUT2D eigenvalue weighted by Crippen LogP contribution is 2.15. The van der Waals surface area contributed by atoms with Gasteiger partial charge in [-0.05, 0) is 27.8 Å². The molecule has 17 heavy (non-hydrogen) atoms. The van der Waals surface area contributed by atoms with Gasteiger partial charge < -0.3 is 14.7 Å². The molecule has 5 nitrogen and oxygen atoms in total. The molecule has 0 bridgehead atoms. The van der Waals surface area contributed by atoms with Crippen LogP contribution in [0.3, 0.4) is 0 Å². The standard InChI is InChI=1S/C12H24N2O3/c1-12(2,3)14(9-11(15)16)8-10-7-13(4)5-6-17-10/h10H,5-9H2,1-4H3,(H,15,16). The van der Waals surface area contributed by atoms with Crippen molar-refractivity contribution >= 4 is 5.97 Å². The summed E-state index contributed by atoms with van der Waals surface area (Å²) in [5.74, 6) is -0.788. The van der Waals surface area contributed by atoms with Crippen LogP contribution in [-0.2, 0) is 9.53 Å². The highest BCUT2D eigenvalue weighted by Gasteiger charge is 2.28. The molecule has 100 valence electrons. The summed E-state index contributed by atoms with van der Waals surface area (Å²) in [5, 5.41) is 8.94. The van der Waals surface area contributed by atoms with E-state index in [0.717, 1.165) is 19.7 Å². The van der Waals surface area contributed by atoms with E-state index in [9.17, 15) is 4.79 Å². The molecule has 0 saturated carbocycles. The number of rotatable bonds is 4. The molecule has 0 radical (unpaired) electrons. The zero-order valence-corrected chi connectivity index (χ0v) is 11.3. The SMILES string of the molecule is CN1CCOC(CN(CC(=O)O)C(C)(C)C)C1. The molecular formula is C12H24N2O3. The molecule has 1 atom stereocenters. The third-order valence-electron chi connectivity index (χ3n) is 3.04. The molecule has 1 fully saturated rings. The topological polar surface area (TPSA) is 53.0 Å². The summed E-state index contributed by atoms with van der Waals surface area (Å²) in [5.41, 5.74) is -0.155. The summed E-state index contributed by atoms with van der Waals surface area (Å²) in [7, 11) is 2.06. The fraction of sp³-hybridized carbons (Fsp3) is 0.917. The molecule has 1 heterocycles. The van der Waals surface area contributed by atoms with Crippen molar-refractivity contribution in [1.29, 1.82) is 0 Å². The summed E-state index contributed by atoms with van der Waals surface area (Å²) in [6.45, 7) is 9.37. The van der Waals surface area contributed by atoms with Crippen LogP contribution < -0.4 is 0 Å². The lowest BCUT2D eigenvalue weighted by Crippen LogP contribution is -2.52. The minimum absolute atomic E-state index is 0.0626. The largest absolute Gasteiger partial charge is 0.480 e. The van der Waals surface area contributed by atoms with Crippen LogP contribution in [0.15, 0.2) is 0 Å². The Kier molecular flexibility index (Phi) is 4.91. The Labute approximate surface area is 103 Å². The molecule has 0 aromatic carbocycles. The van der Waals surface area contributed by atoms with Gasteiger partial charge >= 0.3 is 5.97 Å². The van der Waals surface area contributed by atoms with Gasteiger partial charge in [0.1, 0.15) is 0 Å². The van der Waals surface area contributed by atoms with E-state index in [2.05, 4.69) is 11.9 Å². The van der Waals surface area contributed by atoms with Crippen molar-refractivity contribution in [3.8, 4) is 0 Å². The maximum atomic E-state index is 10.9. The van der Waals surface area contributed by atoms with E-state index >= 15 is 0 Å². The van der Waals surface area contributed by atoms with Crippen molar-refractivity contribution in [2.75, 3.05) is 39.8 Å². The van der Waals surface area contributed by atoms with Gasteiger partial charge in [0.05, 0.1) is 19.3 Å². The Morgan fingerprint density at radius 3 is 2.65 bits per heavy atom. The van der Waals surface area contributed by atoms with Gasteiger partial charge in [0.2, 0.25) is 0 Å². The predicted molar refractivity (Wildman–Crippen MR) is 66.2 cm³/mol. The summed E-state index contributed by atoms with van der Waals surface area (Å²) < 4.78 is 5.68. The van der Waals surface area contributed by atoms with Gasteiger partial charge in [-0.25, -0.2) is 0 Å². The Morgan fingerprint density at radius 2 is 2.18 bits per heavy atom. The molecule has 1 N–H and O–H groups in total. The quantitative estimate of drug-likeness (QED) is 0.780. The lowest BCUT2D eigenvalue weighted by atomic mass is 10.0. The molecule has 1 aliphatic rings. The zero-order valence-electron chi connectivity index (χ0n) is 11.3. The van der Waals surface area contributed by atoms with E-state index in [1.165, 1.54) is 0 Å². The highest BCUT2D eigenvalue weighted by molar-refractivity contribution is 5.69. The van der Waals surface area contributed by atoms with Crippen molar-refractivity contribution in [2.45, 2.75) is 32.4 Å². The number of nitrogens with zero attached hydrogens (tertiary/aromatic N) is 2. The first-order valence-electron chi connectivity index (χ1n) is 6.06. The first-order chi connectivity index (χ1) is 7.79. The predicted octanol–water partition coefficient (Wildman–Crippen LogP) is 0.502. The second kappa shape index (κ2) is 5.80. The molecule has 1 unspecified atom stereocenters. The van der Waals surface area contributed by atoms with Crippen molar-refractivity contribution < 1.29 is 14.6 Å². The van der Waals surface area contributed by atoms with Gasteiger partial charge in [-0.3, -0.25) is 9.69 Å². The number of carboxylic acid groups (broad SMARTS) is 1. The summed E-state index contributed by atoms with van der Waals surface area (Å²) in [4.78, 5) is 15.0. The van der Waals surface area contributed by atoms with Crippen molar-refractivity contribution in [3.05, 3.63) is 0 Å². The molecule has 5 heteroatoms. The first-order valence-corrected chi connectivity index (χ1v) is 6.06. The zero-order chi connectivity index (χ0) is 13.1. The lowest BCUT2D eigenvalue weighted by Gasteiger charge is -2.39. The molecule has 0 amide bonds. The number of morpholine rings is 1. The molecule has 0 spiro atoms. The molecule has 1 rings (SSSR count). The van der Waals surface area contributed by atoms with Gasteiger partial charge in [0.15, 0.2) is 0 Å². The van der Waals surface area contributed by atoms with Crippen LogP contribution in [0.1, 0.15) is 20.8 Å². The summed E-state index contributed by atoms with van der Waals surface area (Å²) >= 11 is 0. The molecule has 0 aromatic heterocycles. The van der Waals surface area contributed by atoms with Crippen LogP contribution in [0, 0.1) is 0 Å². The van der Waals surface area contributed by atoms with Gasteiger partial charge in [0.25, 0.3) is 0 Å². The number of hydrogen-bond donors (Lipinski definition) is 1. The van der Waals surface area contributed by atoms with Crippen molar-refractivity contribution in [1.82, 2.24) is 9.80 Å². The van der Waals surface area contributed by atoms with E-state index in [0.29, 0.717) is 6.54 Å². The molecule has 0 aromatic rings. The Balaban J connectivity index is 2.56. The number of hydrogen-bond acceptors (Lipinski definition) is 4. The average Bonchev–Trinajstić information content (AvgIpc) is 2.14.